The molecule has 1 aliphatic rings. The van der Waals surface area contributed by atoms with E-state index in [4.69, 9.17) is 0 Å². The Morgan fingerprint density at radius 2 is 2.29 bits per heavy atom. The first-order valence-corrected chi connectivity index (χ1v) is 9.04. The lowest BCUT2D eigenvalue weighted by molar-refractivity contribution is -0.120. The molecule has 1 saturated carbocycles. The molecule has 126 valence electrons. The molecule has 3 rings (SSSR count). The molecule has 2 aromatic rings. The van der Waals surface area contributed by atoms with E-state index in [1.807, 2.05) is 29.7 Å². The van der Waals surface area contributed by atoms with Crippen LogP contribution in [0.5, 0.6) is 0 Å². The number of benzene rings is 1. The number of hydrogen-bond donors (Lipinski definition) is 1. The summed E-state index contributed by atoms with van der Waals surface area (Å²) in [4.78, 5) is 12.2. The minimum absolute atomic E-state index is 0.0627. The SMILES string of the molecule is C=CCn1c(SC(C)C(=O)NC2CC2)nnc1-c1cccc(C)c1. The molecule has 1 aliphatic carbocycles. The lowest BCUT2D eigenvalue weighted by Gasteiger charge is -2.12. The van der Waals surface area contributed by atoms with Crippen molar-refractivity contribution in [2.24, 2.45) is 0 Å². The second-order valence-electron chi connectivity index (χ2n) is 6.12. The molecule has 1 fully saturated rings. The molecule has 1 N–H and O–H groups in total. The Kier molecular flexibility index (Phi) is 5.04. The smallest absolute Gasteiger partial charge is 0.233 e. The van der Waals surface area contributed by atoms with E-state index in [0.717, 1.165) is 29.4 Å². The van der Waals surface area contributed by atoms with Crippen LogP contribution in [-0.2, 0) is 11.3 Å². The molecule has 0 saturated heterocycles. The van der Waals surface area contributed by atoms with Gasteiger partial charge in [0, 0.05) is 18.2 Å². The van der Waals surface area contributed by atoms with Crippen LogP contribution in [0, 0.1) is 6.92 Å². The van der Waals surface area contributed by atoms with Crippen LogP contribution in [0.3, 0.4) is 0 Å². The van der Waals surface area contributed by atoms with Crippen molar-refractivity contribution >= 4 is 17.7 Å². The second-order valence-corrected chi connectivity index (χ2v) is 7.43. The lowest BCUT2D eigenvalue weighted by atomic mass is 10.1. The number of rotatable bonds is 7. The molecule has 1 atom stereocenters. The normalized spacial score (nSPS) is 15.1. The molecule has 6 heteroatoms. The van der Waals surface area contributed by atoms with Crippen molar-refractivity contribution < 1.29 is 4.79 Å². The first kappa shape index (κ1) is 16.8. The number of hydrogen-bond acceptors (Lipinski definition) is 4. The van der Waals surface area contributed by atoms with Crippen LogP contribution in [0.2, 0.25) is 0 Å². The summed E-state index contributed by atoms with van der Waals surface area (Å²) < 4.78 is 2.01. The highest BCUT2D eigenvalue weighted by atomic mass is 32.2. The molecular weight excluding hydrogens is 320 g/mol. The fourth-order valence-electron chi connectivity index (χ4n) is 2.43. The van der Waals surface area contributed by atoms with E-state index < -0.39 is 0 Å². The van der Waals surface area contributed by atoms with Crippen molar-refractivity contribution in [2.75, 3.05) is 0 Å². The van der Waals surface area contributed by atoms with Gasteiger partial charge < -0.3 is 5.32 Å². The van der Waals surface area contributed by atoms with Crippen molar-refractivity contribution in [3.63, 3.8) is 0 Å². The van der Waals surface area contributed by atoms with Gasteiger partial charge in [0.15, 0.2) is 11.0 Å². The number of amides is 1. The fourth-order valence-corrected chi connectivity index (χ4v) is 3.29. The summed E-state index contributed by atoms with van der Waals surface area (Å²) >= 11 is 1.44. The average molecular weight is 342 g/mol. The van der Waals surface area contributed by atoms with Crippen molar-refractivity contribution in [3.05, 3.63) is 42.5 Å². The molecule has 0 spiro atoms. The number of aromatic nitrogens is 3. The number of aryl methyl sites for hydroxylation is 1. The summed E-state index contributed by atoms with van der Waals surface area (Å²) in [6, 6.07) is 8.54. The molecule has 1 aromatic carbocycles. The van der Waals surface area contributed by atoms with Crippen LogP contribution in [0.15, 0.2) is 42.1 Å². The largest absolute Gasteiger partial charge is 0.352 e. The Balaban J connectivity index is 1.82. The summed E-state index contributed by atoms with van der Waals surface area (Å²) in [5.41, 5.74) is 2.19. The number of carbonyl (C=O) groups excluding carboxylic acids is 1. The minimum Gasteiger partial charge on any atom is -0.352 e. The van der Waals surface area contributed by atoms with Gasteiger partial charge in [-0.2, -0.15) is 0 Å². The fraction of sp³-hybridized carbons (Fsp3) is 0.389. The van der Waals surface area contributed by atoms with Crippen molar-refractivity contribution in [1.29, 1.82) is 0 Å². The van der Waals surface area contributed by atoms with Crippen LogP contribution < -0.4 is 5.32 Å². The highest BCUT2D eigenvalue weighted by molar-refractivity contribution is 8.00. The summed E-state index contributed by atoms with van der Waals surface area (Å²) in [6.07, 6.45) is 4.00. The highest BCUT2D eigenvalue weighted by Crippen LogP contribution is 2.28. The monoisotopic (exact) mass is 342 g/mol. The second kappa shape index (κ2) is 7.21. The van der Waals surface area contributed by atoms with Crippen LogP contribution in [0.25, 0.3) is 11.4 Å². The third-order valence-corrected chi connectivity index (χ3v) is 4.96. The highest BCUT2D eigenvalue weighted by Gasteiger charge is 2.27. The van der Waals surface area contributed by atoms with Gasteiger partial charge in [0.25, 0.3) is 0 Å². The average Bonchev–Trinajstić information content (AvgIpc) is 3.29. The van der Waals surface area contributed by atoms with E-state index in [9.17, 15) is 4.79 Å². The molecule has 0 radical (unpaired) electrons. The molecule has 0 aliphatic heterocycles. The predicted molar refractivity (Wildman–Crippen MR) is 96.9 cm³/mol. The van der Waals surface area contributed by atoms with Gasteiger partial charge in [0.2, 0.25) is 5.91 Å². The zero-order chi connectivity index (χ0) is 17.1. The van der Waals surface area contributed by atoms with Gasteiger partial charge in [0.05, 0.1) is 5.25 Å². The van der Waals surface area contributed by atoms with Gasteiger partial charge >= 0.3 is 0 Å². The van der Waals surface area contributed by atoms with E-state index >= 15 is 0 Å². The van der Waals surface area contributed by atoms with Gasteiger partial charge in [0.1, 0.15) is 0 Å². The van der Waals surface area contributed by atoms with E-state index in [1.165, 1.54) is 17.3 Å². The number of allylic oxidation sites excluding steroid dienone is 1. The van der Waals surface area contributed by atoms with E-state index in [2.05, 4.69) is 41.1 Å². The van der Waals surface area contributed by atoms with Crippen molar-refractivity contribution in [1.82, 2.24) is 20.1 Å². The lowest BCUT2D eigenvalue weighted by Crippen LogP contribution is -2.32. The molecule has 1 aromatic heterocycles. The third kappa shape index (κ3) is 3.87. The zero-order valence-corrected chi connectivity index (χ0v) is 14.8. The topological polar surface area (TPSA) is 59.8 Å². The van der Waals surface area contributed by atoms with Gasteiger partial charge in [-0.15, -0.1) is 16.8 Å². The summed E-state index contributed by atoms with van der Waals surface area (Å²) in [7, 11) is 0. The van der Waals surface area contributed by atoms with Crippen LogP contribution >= 0.6 is 11.8 Å². The van der Waals surface area contributed by atoms with Crippen LogP contribution in [0.4, 0.5) is 0 Å². The Labute approximate surface area is 146 Å². The number of nitrogens with one attached hydrogen (secondary N) is 1. The van der Waals surface area contributed by atoms with Gasteiger partial charge in [-0.25, -0.2) is 0 Å². The standard InChI is InChI=1S/C18H22N4OS/c1-4-10-22-16(14-7-5-6-12(2)11-14)20-21-18(22)24-13(3)17(23)19-15-8-9-15/h4-7,11,13,15H,1,8-10H2,2-3H3,(H,19,23). The summed E-state index contributed by atoms with van der Waals surface area (Å²) in [5, 5.41) is 12.2. The number of thioether (sulfide) groups is 1. The first-order valence-electron chi connectivity index (χ1n) is 8.16. The maximum Gasteiger partial charge on any atom is 0.233 e. The molecule has 1 unspecified atom stereocenters. The Bertz CT molecular complexity index is 751. The van der Waals surface area contributed by atoms with Crippen molar-refractivity contribution in [3.8, 4) is 11.4 Å². The molecule has 0 bridgehead atoms. The van der Waals surface area contributed by atoms with Crippen LogP contribution in [0.1, 0.15) is 25.3 Å². The number of nitrogens with zero attached hydrogens (tertiary/aromatic N) is 3. The summed E-state index contributed by atoms with van der Waals surface area (Å²) in [5.74, 6) is 0.864. The Morgan fingerprint density at radius 1 is 1.50 bits per heavy atom. The third-order valence-electron chi connectivity index (χ3n) is 3.88. The minimum atomic E-state index is -0.205. The molecular formula is C18H22N4OS. The predicted octanol–water partition coefficient (Wildman–Crippen LogP) is 3.20. The molecule has 1 heterocycles. The zero-order valence-electron chi connectivity index (χ0n) is 14.0. The van der Waals surface area contributed by atoms with E-state index in [1.54, 1.807) is 0 Å². The maximum absolute atomic E-state index is 12.2. The molecule has 5 nitrogen and oxygen atoms in total. The molecule has 24 heavy (non-hydrogen) atoms. The van der Waals surface area contributed by atoms with Crippen molar-refractivity contribution in [2.45, 2.75) is 49.7 Å². The van der Waals surface area contributed by atoms with E-state index in [-0.39, 0.29) is 11.2 Å². The Morgan fingerprint density at radius 3 is 2.96 bits per heavy atom. The van der Waals surface area contributed by atoms with Gasteiger partial charge in [-0.1, -0.05) is 41.6 Å². The number of carbonyl (C=O) groups is 1. The quantitative estimate of drug-likeness (QED) is 0.620. The maximum atomic E-state index is 12.2. The Hall–Kier alpha value is -2.08. The summed E-state index contributed by atoms with van der Waals surface area (Å²) in [6.45, 7) is 8.39. The van der Waals surface area contributed by atoms with Crippen LogP contribution in [-0.4, -0.2) is 32.0 Å². The van der Waals surface area contributed by atoms with Gasteiger partial charge in [-0.3, -0.25) is 9.36 Å². The van der Waals surface area contributed by atoms with E-state index in [0.29, 0.717) is 12.6 Å². The molecule has 1 amide bonds. The van der Waals surface area contributed by atoms with Gasteiger partial charge in [-0.05, 0) is 32.8 Å². The first-order chi connectivity index (χ1) is 11.6.